The lowest BCUT2D eigenvalue weighted by atomic mass is 9.80. The van der Waals surface area contributed by atoms with Gasteiger partial charge < -0.3 is 20.5 Å². The maximum atomic E-state index is 10.8. The Bertz CT molecular complexity index is 660. The Balaban J connectivity index is 1.67. The fourth-order valence-electron chi connectivity index (χ4n) is 4.47. The number of guanidine groups is 1. The summed E-state index contributed by atoms with van der Waals surface area (Å²) in [6.45, 7) is 9.43. The first-order valence-electron chi connectivity index (χ1n) is 11.0. The number of nitrogens with zero attached hydrogens (tertiary/aromatic N) is 4. The lowest BCUT2D eigenvalue weighted by Gasteiger charge is -2.48. The van der Waals surface area contributed by atoms with E-state index < -0.39 is 5.60 Å². The molecule has 1 atom stereocenters. The second-order valence-electron chi connectivity index (χ2n) is 8.61. The Kier molecular flexibility index (Phi) is 7.54. The van der Waals surface area contributed by atoms with Crippen molar-refractivity contribution in [2.24, 2.45) is 12.0 Å². The first-order chi connectivity index (χ1) is 14.0. The number of morpholine rings is 1. The van der Waals surface area contributed by atoms with Gasteiger partial charge in [-0.3, -0.25) is 9.58 Å². The van der Waals surface area contributed by atoms with Crippen molar-refractivity contribution in [3.63, 3.8) is 0 Å². The molecule has 1 aromatic rings. The zero-order valence-electron chi connectivity index (χ0n) is 18.3. The molecule has 1 saturated carbocycles. The molecular weight excluding hydrogens is 368 g/mol. The van der Waals surface area contributed by atoms with Crippen molar-refractivity contribution in [2.75, 3.05) is 45.9 Å². The fraction of sp³-hybridized carbons (Fsp3) is 0.810. The molecule has 1 saturated heterocycles. The number of hydrogen-bond donors (Lipinski definition) is 3. The Morgan fingerprint density at radius 1 is 1.28 bits per heavy atom. The van der Waals surface area contributed by atoms with Crippen molar-refractivity contribution in [3.8, 4) is 0 Å². The Labute approximate surface area is 174 Å². The zero-order chi connectivity index (χ0) is 20.7. The van der Waals surface area contributed by atoms with Crippen LogP contribution in [0, 0.1) is 0 Å². The monoisotopic (exact) mass is 406 g/mol. The Morgan fingerprint density at radius 3 is 2.62 bits per heavy atom. The van der Waals surface area contributed by atoms with Crippen LogP contribution in [0.5, 0.6) is 0 Å². The highest BCUT2D eigenvalue weighted by Crippen LogP contribution is 2.33. The molecule has 0 spiro atoms. The van der Waals surface area contributed by atoms with E-state index in [4.69, 9.17) is 9.73 Å². The van der Waals surface area contributed by atoms with Crippen LogP contribution in [0.1, 0.15) is 51.5 Å². The minimum atomic E-state index is -1.05. The van der Waals surface area contributed by atoms with Gasteiger partial charge in [-0.2, -0.15) is 5.10 Å². The summed E-state index contributed by atoms with van der Waals surface area (Å²) in [5, 5.41) is 21.9. The number of aliphatic imine (C=N–C) groups is 1. The average Bonchev–Trinajstić information content (AvgIpc) is 3.19. The molecule has 1 aliphatic carbocycles. The van der Waals surface area contributed by atoms with Crippen molar-refractivity contribution in [3.05, 3.63) is 18.0 Å². The summed E-state index contributed by atoms with van der Waals surface area (Å²) in [5.41, 5.74) is -0.107. The van der Waals surface area contributed by atoms with Gasteiger partial charge in [-0.1, -0.05) is 19.3 Å². The van der Waals surface area contributed by atoms with Gasteiger partial charge in [0.05, 0.1) is 26.0 Å². The number of aromatic nitrogens is 2. The van der Waals surface area contributed by atoms with Crippen LogP contribution in [0.25, 0.3) is 0 Å². The molecule has 29 heavy (non-hydrogen) atoms. The van der Waals surface area contributed by atoms with Gasteiger partial charge in [0.25, 0.3) is 0 Å². The number of ether oxygens (including phenoxy) is 1. The largest absolute Gasteiger partial charge is 0.383 e. The van der Waals surface area contributed by atoms with Crippen LogP contribution in [-0.4, -0.2) is 77.2 Å². The third kappa shape index (κ3) is 5.71. The number of hydrogen-bond acceptors (Lipinski definition) is 5. The van der Waals surface area contributed by atoms with Crippen LogP contribution in [0.4, 0.5) is 0 Å². The Hall–Kier alpha value is -1.64. The topological polar surface area (TPSA) is 86.9 Å². The molecule has 1 unspecified atom stereocenters. The maximum absolute atomic E-state index is 10.8. The normalized spacial score (nSPS) is 22.8. The summed E-state index contributed by atoms with van der Waals surface area (Å²) in [6.07, 6.45) is 9.86. The second-order valence-corrected chi connectivity index (χ2v) is 8.61. The van der Waals surface area contributed by atoms with Gasteiger partial charge in [0.2, 0.25) is 0 Å². The fourth-order valence-corrected chi connectivity index (χ4v) is 4.47. The van der Waals surface area contributed by atoms with E-state index in [-0.39, 0.29) is 12.1 Å². The SMILES string of the molecule is CCNC(=NCC(C)(O)c1cnn(C)c1)NCC1(N2CCOCC2)CCCCC1. The number of aliphatic hydroxyl groups is 1. The average molecular weight is 407 g/mol. The molecule has 164 valence electrons. The van der Waals surface area contributed by atoms with Crippen molar-refractivity contribution in [1.82, 2.24) is 25.3 Å². The predicted octanol–water partition coefficient (Wildman–Crippen LogP) is 1.22. The van der Waals surface area contributed by atoms with E-state index in [0.717, 1.165) is 50.9 Å². The molecule has 0 amide bonds. The highest BCUT2D eigenvalue weighted by atomic mass is 16.5. The zero-order valence-corrected chi connectivity index (χ0v) is 18.3. The molecule has 8 nitrogen and oxygen atoms in total. The molecule has 8 heteroatoms. The van der Waals surface area contributed by atoms with E-state index in [1.165, 1.54) is 32.1 Å². The van der Waals surface area contributed by atoms with Gasteiger partial charge in [-0.15, -0.1) is 0 Å². The van der Waals surface area contributed by atoms with Gasteiger partial charge in [0.1, 0.15) is 5.60 Å². The lowest BCUT2D eigenvalue weighted by Crippen LogP contribution is -2.60. The minimum absolute atomic E-state index is 0.171. The van der Waals surface area contributed by atoms with E-state index in [0.29, 0.717) is 0 Å². The molecule has 3 rings (SSSR count). The molecule has 0 bridgehead atoms. The molecule has 0 radical (unpaired) electrons. The van der Waals surface area contributed by atoms with Gasteiger partial charge in [-0.25, -0.2) is 4.99 Å². The van der Waals surface area contributed by atoms with E-state index in [1.54, 1.807) is 17.8 Å². The van der Waals surface area contributed by atoms with E-state index in [1.807, 2.05) is 13.2 Å². The van der Waals surface area contributed by atoms with Crippen LogP contribution in [0.15, 0.2) is 17.4 Å². The maximum Gasteiger partial charge on any atom is 0.191 e. The van der Waals surface area contributed by atoms with Gasteiger partial charge >= 0.3 is 0 Å². The van der Waals surface area contributed by atoms with Gasteiger partial charge in [-0.05, 0) is 26.7 Å². The molecule has 2 heterocycles. The van der Waals surface area contributed by atoms with E-state index in [2.05, 4.69) is 27.6 Å². The molecular formula is C21H38N6O2. The summed E-state index contributed by atoms with van der Waals surface area (Å²) in [4.78, 5) is 7.32. The molecule has 1 aliphatic heterocycles. The summed E-state index contributed by atoms with van der Waals surface area (Å²) < 4.78 is 7.29. The highest BCUT2D eigenvalue weighted by molar-refractivity contribution is 5.79. The third-order valence-electron chi connectivity index (χ3n) is 6.27. The quantitative estimate of drug-likeness (QED) is 0.466. The number of rotatable bonds is 7. The highest BCUT2D eigenvalue weighted by Gasteiger charge is 2.38. The molecule has 1 aromatic heterocycles. The number of aryl methyl sites for hydroxylation is 1. The van der Waals surface area contributed by atoms with Crippen LogP contribution in [0.2, 0.25) is 0 Å². The summed E-state index contributed by atoms with van der Waals surface area (Å²) >= 11 is 0. The molecule has 2 fully saturated rings. The first-order valence-corrected chi connectivity index (χ1v) is 11.0. The minimum Gasteiger partial charge on any atom is -0.383 e. The van der Waals surface area contributed by atoms with E-state index in [9.17, 15) is 5.11 Å². The number of nitrogens with one attached hydrogen (secondary N) is 2. The van der Waals surface area contributed by atoms with Crippen molar-refractivity contribution in [1.29, 1.82) is 0 Å². The predicted molar refractivity (Wildman–Crippen MR) is 115 cm³/mol. The summed E-state index contributed by atoms with van der Waals surface area (Å²) in [6, 6.07) is 0. The summed E-state index contributed by atoms with van der Waals surface area (Å²) in [5.74, 6) is 0.759. The standard InChI is InChI=1S/C21H38N6O2/c1-4-22-19(23-16-20(2,28)18-14-25-26(3)15-18)24-17-21(8-6-5-7-9-21)27-10-12-29-13-11-27/h14-15,28H,4-13,16-17H2,1-3H3,(H2,22,23,24). The van der Waals surface area contributed by atoms with Crippen LogP contribution in [0.3, 0.4) is 0 Å². The third-order valence-corrected chi connectivity index (χ3v) is 6.27. The second kappa shape index (κ2) is 9.91. The molecule has 2 aliphatic rings. The lowest BCUT2D eigenvalue weighted by molar-refractivity contribution is -0.0352. The van der Waals surface area contributed by atoms with Crippen LogP contribution in [-0.2, 0) is 17.4 Å². The Morgan fingerprint density at radius 2 is 2.00 bits per heavy atom. The van der Waals surface area contributed by atoms with E-state index >= 15 is 0 Å². The van der Waals surface area contributed by atoms with Crippen LogP contribution >= 0.6 is 0 Å². The summed E-state index contributed by atoms with van der Waals surface area (Å²) in [7, 11) is 1.85. The first kappa shape index (κ1) is 22.1. The van der Waals surface area contributed by atoms with Crippen molar-refractivity contribution < 1.29 is 9.84 Å². The molecule has 0 aromatic carbocycles. The van der Waals surface area contributed by atoms with Crippen molar-refractivity contribution >= 4 is 5.96 Å². The van der Waals surface area contributed by atoms with Crippen LogP contribution < -0.4 is 10.6 Å². The van der Waals surface area contributed by atoms with Gasteiger partial charge in [0.15, 0.2) is 5.96 Å². The van der Waals surface area contributed by atoms with Crippen molar-refractivity contribution in [2.45, 2.75) is 57.1 Å². The smallest absolute Gasteiger partial charge is 0.191 e. The van der Waals surface area contributed by atoms with Gasteiger partial charge in [0, 0.05) is 50.5 Å². The molecule has 3 N–H and O–H groups in total.